The van der Waals surface area contributed by atoms with Gasteiger partial charge in [-0.1, -0.05) is 100 Å². The van der Waals surface area contributed by atoms with Gasteiger partial charge in [-0.05, 0) is 100 Å². The van der Waals surface area contributed by atoms with Crippen molar-refractivity contribution in [2.75, 3.05) is 18.6 Å². The maximum atomic E-state index is 13.8. The van der Waals surface area contributed by atoms with Crippen molar-refractivity contribution in [2.45, 2.75) is 123 Å². The van der Waals surface area contributed by atoms with E-state index in [0.717, 1.165) is 22.4 Å². The topological polar surface area (TPSA) is 136 Å². The van der Waals surface area contributed by atoms with Crippen LogP contribution in [0.5, 0.6) is 5.75 Å². The number of halogens is 1. The number of nitrogens with zero attached hydrogens (tertiary/aromatic N) is 5. The Kier molecular flexibility index (Phi) is 13.3. The first-order valence-electron chi connectivity index (χ1n) is 20.8. The second-order valence-corrected chi connectivity index (χ2v) is 24.3. The minimum atomic E-state index is -2.46. The molecule has 1 fully saturated rings. The molecule has 0 N–H and O–H groups in total. The van der Waals surface area contributed by atoms with E-state index in [1.165, 1.54) is 0 Å². The van der Waals surface area contributed by atoms with Gasteiger partial charge >= 0.3 is 12.2 Å². The zero-order valence-corrected chi connectivity index (χ0v) is 39.8. The Morgan fingerprint density at radius 3 is 1.79 bits per heavy atom. The summed E-state index contributed by atoms with van der Waals surface area (Å²) >= 11 is 6.65. The van der Waals surface area contributed by atoms with Crippen molar-refractivity contribution in [1.82, 2.24) is 19.5 Å². The number of carbonyl (C=O) groups is 2. The number of imidazole rings is 1. The number of amides is 2. The number of imide groups is 1. The third-order valence-corrected chi connectivity index (χ3v) is 15.9. The van der Waals surface area contributed by atoms with Crippen molar-refractivity contribution in [3.63, 3.8) is 0 Å². The lowest BCUT2D eigenvalue weighted by molar-refractivity contribution is -0.0870. The van der Waals surface area contributed by atoms with Gasteiger partial charge in [0.15, 0.2) is 31.5 Å². The Balaban J connectivity index is 1.47. The molecule has 15 heteroatoms. The van der Waals surface area contributed by atoms with Crippen LogP contribution in [0.1, 0.15) is 92.2 Å². The molecule has 0 bridgehead atoms. The largest absolute Gasteiger partial charge is 0.497 e. The van der Waals surface area contributed by atoms with Crippen LogP contribution in [0.3, 0.4) is 0 Å². The average Bonchev–Trinajstić information content (AvgIpc) is 3.74. The summed E-state index contributed by atoms with van der Waals surface area (Å²) in [5.41, 5.74) is 0.121. The summed E-state index contributed by atoms with van der Waals surface area (Å²) in [6, 6.07) is 28.2. The van der Waals surface area contributed by atoms with Crippen LogP contribution in [0.2, 0.25) is 23.4 Å². The fraction of sp³-hybridized carbons (Fsp3) is 0.468. The summed E-state index contributed by atoms with van der Waals surface area (Å²) in [4.78, 5) is 41.9. The maximum Gasteiger partial charge on any atom is 0.425 e. The van der Waals surface area contributed by atoms with Gasteiger partial charge in [0.2, 0.25) is 5.28 Å². The van der Waals surface area contributed by atoms with E-state index in [1.807, 2.05) is 60.7 Å². The summed E-state index contributed by atoms with van der Waals surface area (Å²) in [5, 5.41) is -0.387. The summed E-state index contributed by atoms with van der Waals surface area (Å²) in [5.74, 6) is 0.304. The number of aromatic nitrogens is 4. The van der Waals surface area contributed by atoms with E-state index in [0.29, 0.717) is 4.90 Å². The van der Waals surface area contributed by atoms with E-state index in [1.54, 1.807) is 59.5 Å². The quantitative estimate of drug-likeness (QED) is 0.0712. The molecule has 3 heterocycles. The molecule has 4 atom stereocenters. The molecule has 1 saturated heterocycles. The molecule has 0 saturated carbocycles. The molecule has 0 unspecified atom stereocenters. The Bertz CT molecular complexity index is 2270. The lowest BCUT2D eigenvalue weighted by Crippen LogP contribution is -2.47. The number of hydrogen-bond acceptors (Lipinski definition) is 11. The van der Waals surface area contributed by atoms with E-state index >= 15 is 0 Å². The van der Waals surface area contributed by atoms with Gasteiger partial charge in [-0.3, -0.25) is 4.57 Å². The Morgan fingerprint density at radius 2 is 1.31 bits per heavy atom. The Morgan fingerprint density at radius 1 is 0.790 bits per heavy atom. The van der Waals surface area contributed by atoms with Gasteiger partial charge in [0.05, 0.1) is 32.3 Å². The third-order valence-electron chi connectivity index (χ3n) is 11.3. The summed E-state index contributed by atoms with van der Waals surface area (Å²) in [6.45, 7) is 23.4. The zero-order valence-electron chi connectivity index (χ0n) is 38.1. The van der Waals surface area contributed by atoms with E-state index in [2.05, 4.69) is 80.0 Å². The number of carbonyl (C=O) groups excluding carboxylic acids is 2. The van der Waals surface area contributed by atoms with Crippen molar-refractivity contribution in [3.8, 4) is 5.75 Å². The van der Waals surface area contributed by atoms with Crippen LogP contribution in [-0.4, -0.2) is 77.1 Å². The number of rotatable bonds is 11. The van der Waals surface area contributed by atoms with E-state index in [-0.39, 0.29) is 39.8 Å². The van der Waals surface area contributed by atoms with Gasteiger partial charge in [-0.15, -0.1) is 0 Å². The van der Waals surface area contributed by atoms with E-state index in [9.17, 15) is 9.59 Å². The van der Waals surface area contributed by atoms with Gasteiger partial charge < -0.3 is 28.1 Å². The zero-order chi connectivity index (χ0) is 45.4. The third kappa shape index (κ3) is 9.84. The standard InChI is InChI=1S/C47H60ClN5O8Si/c1-30-35(28-57-47(31-20-16-14-17-21-31,32-22-18-15-19-23-32)33-24-26-34(56-11)27-25-33)58-40(37(30)61-62(12,13)46(8,9)10)52-29-49-36-38(52)50-41(48)51-39(36)53(42(54)59-44(2,3)4)43(55)60-45(5,6)7/h14-27,29-30,35,37,40H,28H2,1-13H3/t30-,35+,37+,40+/m0/s1. The van der Waals surface area contributed by atoms with Crippen LogP contribution in [0, 0.1) is 5.92 Å². The van der Waals surface area contributed by atoms with E-state index < -0.39 is 55.7 Å². The molecule has 0 aliphatic carbocycles. The van der Waals surface area contributed by atoms with Crippen molar-refractivity contribution in [2.24, 2.45) is 5.92 Å². The minimum Gasteiger partial charge on any atom is -0.497 e. The fourth-order valence-electron chi connectivity index (χ4n) is 7.16. The lowest BCUT2D eigenvalue weighted by atomic mass is 9.80. The van der Waals surface area contributed by atoms with Crippen LogP contribution in [-0.2, 0) is 29.0 Å². The number of fused-ring (bicyclic) bond motifs is 1. The van der Waals surface area contributed by atoms with Gasteiger partial charge in [-0.25, -0.2) is 14.6 Å². The number of benzene rings is 3. The van der Waals surface area contributed by atoms with Crippen molar-refractivity contribution in [3.05, 3.63) is 113 Å². The first-order chi connectivity index (χ1) is 29.0. The molecular formula is C47H60ClN5O8Si. The second kappa shape index (κ2) is 17.7. The molecule has 1 aliphatic heterocycles. The highest BCUT2D eigenvalue weighted by molar-refractivity contribution is 6.74. The molecule has 6 rings (SSSR count). The van der Waals surface area contributed by atoms with Gasteiger partial charge in [0.25, 0.3) is 0 Å². The van der Waals surface area contributed by atoms with Crippen LogP contribution in [0.15, 0.2) is 91.3 Å². The molecule has 332 valence electrons. The molecule has 2 amide bonds. The SMILES string of the molecule is COc1ccc(C(OC[C@H]2O[C@@H](n3cnc4c(N(C(=O)OC(C)(C)C)C(=O)OC(C)(C)C)nc(Cl)nc43)[C@H](O[Si](C)(C)C(C)(C)C)[C@H]2C)(c2ccccc2)c2ccccc2)cc1. The first kappa shape index (κ1) is 46.6. The average molecular weight is 887 g/mol. The summed E-state index contributed by atoms with van der Waals surface area (Å²) in [7, 11) is -0.815. The monoisotopic (exact) mass is 885 g/mol. The minimum absolute atomic E-state index is 0.0971. The molecular weight excluding hydrogens is 826 g/mol. The van der Waals surface area contributed by atoms with Gasteiger partial charge in [0.1, 0.15) is 22.6 Å². The first-order valence-corrected chi connectivity index (χ1v) is 24.1. The van der Waals surface area contributed by atoms with Gasteiger partial charge in [-0.2, -0.15) is 14.9 Å². The smallest absolute Gasteiger partial charge is 0.425 e. The highest BCUT2D eigenvalue weighted by Crippen LogP contribution is 2.47. The molecule has 13 nitrogen and oxygen atoms in total. The number of anilines is 1. The number of ether oxygens (including phenoxy) is 5. The van der Waals surface area contributed by atoms with Crippen molar-refractivity contribution >= 4 is 49.1 Å². The normalized spacial score (nSPS) is 18.7. The van der Waals surface area contributed by atoms with Crippen molar-refractivity contribution < 1.29 is 37.7 Å². The molecule has 0 spiro atoms. The lowest BCUT2D eigenvalue weighted by Gasteiger charge is -2.40. The predicted molar refractivity (Wildman–Crippen MR) is 242 cm³/mol. The summed E-state index contributed by atoms with van der Waals surface area (Å²) < 4.78 is 40.3. The Hall–Kier alpha value is -4.86. The second-order valence-electron chi connectivity index (χ2n) is 19.2. The van der Waals surface area contributed by atoms with Gasteiger partial charge in [0, 0.05) is 5.92 Å². The number of hydrogen-bond donors (Lipinski definition) is 0. The van der Waals surface area contributed by atoms with Crippen LogP contribution in [0.25, 0.3) is 11.2 Å². The fourth-order valence-corrected chi connectivity index (χ4v) is 8.68. The van der Waals surface area contributed by atoms with Crippen LogP contribution < -0.4 is 9.64 Å². The summed E-state index contributed by atoms with van der Waals surface area (Å²) in [6.07, 6.45) is -2.31. The molecule has 0 radical (unpaired) electrons. The molecule has 62 heavy (non-hydrogen) atoms. The molecule has 2 aromatic heterocycles. The maximum absolute atomic E-state index is 13.8. The molecule has 3 aromatic carbocycles. The van der Waals surface area contributed by atoms with Crippen LogP contribution >= 0.6 is 11.6 Å². The molecule has 5 aromatic rings. The van der Waals surface area contributed by atoms with Crippen molar-refractivity contribution in [1.29, 1.82) is 0 Å². The predicted octanol–water partition coefficient (Wildman–Crippen LogP) is 11.1. The number of methoxy groups -OCH3 is 1. The molecule has 1 aliphatic rings. The highest BCUT2D eigenvalue weighted by atomic mass is 35.5. The van der Waals surface area contributed by atoms with E-state index in [4.69, 9.17) is 39.7 Å². The van der Waals surface area contributed by atoms with Crippen LogP contribution in [0.4, 0.5) is 15.4 Å². The Labute approximate surface area is 371 Å². The highest BCUT2D eigenvalue weighted by Gasteiger charge is 2.51.